The van der Waals surface area contributed by atoms with E-state index in [1.54, 1.807) is 7.11 Å². The molecule has 3 N–H and O–H groups in total. The Morgan fingerprint density at radius 2 is 2.06 bits per heavy atom. The number of nitrogens with one attached hydrogen (secondary N) is 1. The summed E-state index contributed by atoms with van der Waals surface area (Å²) in [5.74, 6) is 0.855. The molecule has 4 nitrogen and oxygen atoms in total. The monoisotopic (exact) mass is 239 g/mol. The van der Waals surface area contributed by atoms with Crippen LogP contribution in [0.4, 0.5) is 0 Å². The SMILES string of the molecule is COc1cc(C)cc(C)c1CNCC(O)CO. The van der Waals surface area contributed by atoms with Crippen LogP contribution in [0.1, 0.15) is 16.7 Å². The molecule has 0 spiro atoms. The van der Waals surface area contributed by atoms with E-state index >= 15 is 0 Å². The van der Waals surface area contributed by atoms with Crippen LogP contribution in [0.25, 0.3) is 0 Å². The molecule has 1 rings (SSSR count). The molecule has 1 aromatic rings. The summed E-state index contributed by atoms with van der Waals surface area (Å²) in [6.07, 6.45) is -0.716. The molecule has 1 aromatic carbocycles. The van der Waals surface area contributed by atoms with Crippen molar-refractivity contribution in [3.8, 4) is 5.75 Å². The fourth-order valence-electron chi connectivity index (χ4n) is 1.80. The number of methoxy groups -OCH3 is 1. The van der Waals surface area contributed by atoms with E-state index in [0.717, 1.165) is 16.9 Å². The smallest absolute Gasteiger partial charge is 0.123 e. The number of aryl methyl sites for hydroxylation is 2. The minimum absolute atomic E-state index is 0.225. The molecular formula is C13H21NO3. The van der Waals surface area contributed by atoms with Crippen molar-refractivity contribution in [3.63, 3.8) is 0 Å². The van der Waals surface area contributed by atoms with Crippen LogP contribution in [-0.2, 0) is 6.54 Å². The normalized spacial score (nSPS) is 12.5. The largest absolute Gasteiger partial charge is 0.496 e. The fraction of sp³-hybridized carbons (Fsp3) is 0.538. The van der Waals surface area contributed by atoms with Crippen molar-refractivity contribution in [3.05, 3.63) is 28.8 Å². The Bertz CT molecular complexity index is 366. The molecule has 96 valence electrons. The molecule has 0 fully saturated rings. The van der Waals surface area contributed by atoms with Crippen molar-refractivity contribution in [1.29, 1.82) is 0 Å². The first kappa shape index (κ1) is 14.0. The minimum atomic E-state index is -0.716. The van der Waals surface area contributed by atoms with E-state index < -0.39 is 6.10 Å². The lowest BCUT2D eigenvalue weighted by molar-refractivity contribution is 0.0941. The Kier molecular flexibility index (Phi) is 5.41. The zero-order chi connectivity index (χ0) is 12.8. The number of ether oxygens (including phenoxy) is 1. The lowest BCUT2D eigenvalue weighted by Crippen LogP contribution is -2.29. The number of aliphatic hydroxyl groups excluding tert-OH is 2. The maximum absolute atomic E-state index is 9.23. The minimum Gasteiger partial charge on any atom is -0.496 e. The van der Waals surface area contributed by atoms with Crippen LogP contribution in [0.2, 0.25) is 0 Å². The third-order valence-electron chi connectivity index (χ3n) is 2.69. The van der Waals surface area contributed by atoms with Crippen LogP contribution >= 0.6 is 0 Å². The van der Waals surface area contributed by atoms with Gasteiger partial charge in [-0.3, -0.25) is 0 Å². The number of hydrogen-bond acceptors (Lipinski definition) is 4. The second kappa shape index (κ2) is 6.59. The first-order chi connectivity index (χ1) is 8.08. The highest BCUT2D eigenvalue weighted by Crippen LogP contribution is 2.23. The molecule has 4 heteroatoms. The lowest BCUT2D eigenvalue weighted by atomic mass is 10.0. The summed E-state index contributed by atoms with van der Waals surface area (Å²) in [4.78, 5) is 0. The summed E-state index contributed by atoms with van der Waals surface area (Å²) >= 11 is 0. The molecule has 0 aliphatic rings. The highest BCUT2D eigenvalue weighted by molar-refractivity contribution is 5.42. The third kappa shape index (κ3) is 4.00. The van der Waals surface area contributed by atoms with Crippen molar-refractivity contribution in [2.24, 2.45) is 0 Å². The Morgan fingerprint density at radius 3 is 2.65 bits per heavy atom. The van der Waals surface area contributed by atoms with E-state index in [1.807, 2.05) is 19.9 Å². The molecule has 17 heavy (non-hydrogen) atoms. The highest BCUT2D eigenvalue weighted by atomic mass is 16.5. The van der Waals surface area contributed by atoms with Crippen LogP contribution in [0.15, 0.2) is 12.1 Å². The molecule has 0 aliphatic heterocycles. The van der Waals surface area contributed by atoms with Gasteiger partial charge in [-0.1, -0.05) is 6.07 Å². The van der Waals surface area contributed by atoms with Crippen LogP contribution < -0.4 is 10.1 Å². The average Bonchev–Trinajstić information content (AvgIpc) is 2.30. The van der Waals surface area contributed by atoms with Crippen LogP contribution in [0, 0.1) is 13.8 Å². The summed E-state index contributed by atoms with van der Waals surface area (Å²) in [6, 6.07) is 4.09. The predicted molar refractivity (Wildman–Crippen MR) is 67.3 cm³/mol. The van der Waals surface area contributed by atoms with E-state index in [2.05, 4.69) is 11.4 Å². The van der Waals surface area contributed by atoms with Gasteiger partial charge in [-0.05, 0) is 31.0 Å². The zero-order valence-electron chi connectivity index (χ0n) is 10.7. The number of hydrogen-bond donors (Lipinski definition) is 3. The summed E-state index contributed by atoms with van der Waals surface area (Å²) < 4.78 is 5.34. The Hall–Kier alpha value is -1.10. The van der Waals surface area contributed by atoms with Gasteiger partial charge in [0.15, 0.2) is 0 Å². The van der Waals surface area contributed by atoms with Gasteiger partial charge in [0.1, 0.15) is 5.75 Å². The van der Waals surface area contributed by atoms with Crippen molar-refractivity contribution in [2.45, 2.75) is 26.5 Å². The van der Waals surface area contributed by atoms with Gasteiger partial charge in [-0.2, -0.15) is 0 Å². The van der Waals surface area contributed by atoms with Gasteiger partial charge in [-0.15, -0.1) is 0 Å². The van der Waals surface area contributed by atoms with E-state index in [1.165, 1.54) is 5.56 Å². The van der Waals surface area contributed by atoms with Crippen molar-refractivity contribution in [1.82, 2.24) is 5.32 Å². The molecule has 0 saturated carbocycles. The average molecular weight is 239 g/mol. The van der Waals surface area contributed by atoms with Crippen molar-refractivity contribution in [2.75, 3.05) is 20.3 Å². The second-order valence-electron chi connectivity index (χ2n) is 4.23. The van der Waals surface area contributed by atoms with Crippen LogP contribution in [-0.4, -0.2) is 36.6 Å². The van der Waals surface area contributed by atoms with Gasteiger partial charge >= 0.3 is 0 Å². The molecule has 1 atom stereocenters. The summed E-state index contributed by atoms with van der Waals surface area (Å²) in [7, 11) is 1.65. The Morgan fingerprint density at radius 1 is 1.35 bits per heavy atom. The molecule has 1 unspecified atom stereocenters. The number of aliphatic hydroxyl groups is 2. The lowest BCUT2D eigenvalue weighted by Gasteiger charge is -2.15. The number of benzene rings is 1. The molecular weight excluding hydrogens is 218 g/mol. The van der Waals surface area contributed by atoms with Crippen LogP contribution in [0.5, 0.6) is 5.75 Å². The van der Waals surface area contributed by atoms with Gasteiger partial charge in [0, 0.05) is 18.7 Å². The number of rotatable bonds is 6. The van der Waals surface area contributed by atoms with Crippen molar-refractivity contribution < 1.29 is 14.9 Å². The fourth-order valence-corrected chi connectivity index (χ4v) is 1.80. The van der Waals surface area contributed by atoms with Crippen molar-refractivity contribution >= 4 is 0 Å². The third-order valence-corrected chi connectivity index (χ3v) is 2.69. The predicted octanol–water partition coefficient (Wildman–Crippen LogP) is 0.755. The zero-order valence-corrected chi connectivity index (χ0v) is 10.7. The topological polar surface area (TPSA) is 61.7 Å². The second-order valence-corrected chi connectivity index (χ2v) is 4.23. The van der Waals surface area contributed by atoms with E-state index in [0.29, 0.717) is 13.1 Å². The highest BCUT2D eigenvalue weighted by Gasteiger charge is 2.08. The van der Waals surface area contributed by atoms with E-state index in [4.69, 9.17) is 9.84 Å². The quantitative estimate of drug-likeness (QED) is 0.685. The standard InChI is InChI=1S/C13H21NO3/c1-9-4-10(2)12(13(5-9)17-3)7-14-6-11(16)8-15/h4-5,11,14-16H,6-8H2,1-3H3. The van der Waals surface area contributed by atoms with Crippen LogP contribution in [0.3, 0.4) is 0 Å². The molecule has 0 aromatic heterocycles. The summed E-state index contributed by atoms with van der Waals surface area (Å²) in [5, 5.41) is 21.0. The maximum Gasteiger partial charge on any atom is 0.123 e. The van der Waals surface area contributed by atoms with Gasteiger partial charge in [0.05, 0.1) is 19.8 Å². The molecule has 0 bridgehead atoms. The Labute approximate surface area is 102 Å². The van der Waals surface area contributed by atoms with E-state index in [9.17, 15) is 5.11 Å². The molecule has 0 aliphatic carbocycles. The van der Waals surface area contributed by atoms with Gasteiger partial charge in [0.2, 0.25) is 0 Å². The first-order valence-electron chi connectivity index (χ1n) is 5.72. The van der Waals surface area contributed by atoms with Gasteiger partial charge < -0.3 is 20.3 Å². The maximum atomic E-state index is 9.23. The first-order valence-corrected chi connectivity index (χ1v) is 5.72. The van der Waals surface area contributed by atoms with Gasteiger partial charge in [0.25, 0.3) is 0 Å². The molecule has 0 amide bonds. The summed E-state index contributed by atoms with van der Waals surface area (Å²) in [5.41, 5.74) is 3.41. The molecule has 0 radical (unpaired) electrons. The van der Waals surface area contributed by atoms with Gasteiger partial charge in [-0.25, -0.2) is 0 Å². The Balaban J connectivity index is 2.69. The summed E-state index contributed by atoms with van der Waals surface area (Å²) in [6.45, 7) is 4.83. The molecule has 0 saturated heterocycles. The molecule has 0 heterocycles. The van der Waals surface area contributed by atoms with E-state index in [-0.39, 0.29) is 6.61 Å².